The van der Waals surface area contributed by atoms with Gasteiger partial charge in [-0.15, -0.1) is 0 Å². The fourth-order valence-electron chi connectivity index (χ4n) is 5.07. The summed E-state index contributed by atoms with van der Waals surface area (Å²) in [5.74, 6) is -1.63. The predicted octanol–water partition coefficient (Wildman–Crippen LogP) is 6.50. The number of aryl methyl sites for hydroxylation is 4. The second kappa shape index (κ2) is 17.6. The zero-order chi connectivity index (χ0) is 30.3. The topological polar surface area (TPSA) is 85.3 Å². The van der Waals surface area contributed by atoms with E-state index in [2.05, 4.69) is 68.4 Å². The first kappa shape index (κ1) is 33.2. The Balaban J connectivity index is 1.45. The first-order valence-electron chi connectivity index (χ1n) is 15.0. The van der Waals surface area contributed by atoms with Gasteiger partial charge in [0.25, 0.3) is 5.91 Å². The number of hydrogen-bond acceptors (Lipinski definition) is 5. The smallest absolute Gasteiger partial charge is 0.336 e. The zero-order valence-corrected chi connectivity index (χ0v) is 25.6. The minimum absolute atomic E-state index is 0.238. The van der Waals surface area contributed by atoms with Gasteiger partial charge in [0.15, 0.2) is 12.2 Å². The van der Waals surface area contributed by atoms with Crippen LogP contribution >= 0.6 is 0 Å². The lowest BCUT2D eigenvalue weighted by molar-refractivity contribution is -0.183. The summed E-state index contributed by atoms with van der Waals surface area (Å²) in [6.07, 6.45) is 4.69. The minimum Gasteiger partial charge on any atom is -0.479 e. The Kier molecular flexibility index (Phi) is 14.0. The van der Waals surface area contributed by atoms with E-state index in [4.69, 9.17) is 14.2 Å². The summed E-state index contributed by atoms with van der Waals surface area (Å²) in [6.45, 7) is 4.79. The van der Waals surface area contributed by atoms with E-state index in [1.54, 1.807) is 11.9 Å². The van der Waals surface area contributed by atoms with Crippen LogP contribution in [0.15, 0.2) is 60.7 Å². The molecule has 0 saturated carbocycles. The number of nitrogens with zero attached hydrogens (tertiary/aromatic N) is 1. The number of carboxylic acids is 1. The lowest BCUT2D eigenvalue weighted by Gasteiger charge is -2.28. The number of fused-ring (bicyclic) bond motifs is 1. The second-order valence-electron chi connectivity index (χ2n) is 11.1. The van der Waals surface area contributed by atoms with E-state index < -0.39 is 18.2 Å². The van der Waals surface area contributed by atoms with Crippen LogP contribution in [-0.2, 0) is 36.6 Å². The van der Waals surface area contributed by atoms with Gasteiger partial charge in [0, 0.05) is 27.3 Å². The number of carboxylic acid groups (broad SMARTS) is 1. The molecule has 42 heavy (non-hydrogen) atoms. The molecule has 3 aromatic rings. The van der Waals surface area contributed by atoms with Crippen molar-refractivity contribution < 1.29 is 28.9 Å². The first-order valence-corrected chi connectivity index (χ1v) is 15.0. The van der Waals surface area contributed by atoms with Crippen molar-refractivity contribution in [3.63, 3.8) is 0 Å². The Morgan fingerprint density at radius 2 is 1.43 bits per heavy atom. The summed E-state index contributed by atoms with van der Waals surface area (Å²) in [4.78, 5) is 26.9. The molecule has 3 aromatic carbocycles. The molecular formula is C35H47NO6. The summed E-state index contributed by atoms with van der Waals surface area (Å²) in [5.41, 5.74) is 5.20. The highest BCUT2D eigenvalue weighted by Gasteiger charge is 2.37. The number of carbonyl (C=O) groups is 2. The van der Waals surface area contributed by atoms with Crippen LogP contribution in [0.5, 0.6) is 0 Å². The number of ether oxygens (including phenoxy) is 3. The van der Waals surface area contributed by atoms with Gasteiger partial charge < -0.3 is 24.2 Å². The van der Waals surface area contributed by atoms with Crippen LogP contribution in [0.3, 0.4) is 0 Å². The van der Waals surface area contributed by atoms with Crippen LogP contribution < -0.4 is 0 Å². The van der Waals surface area contributed by atoms with Crippen LogP contribution in [0, 0.1) is 13.8 Å². The molecule has 2 atom stereocenters. The van der Waals surface area contributed by atoms with Crippen molar-refractivity contribution in [2.75, 3.05) is 34.1 Å². The van der Waals surface area contributed by atoms with Crippen LogP contribution in [0.1, 0.15) is 60.8 Å². The standard InChI is InChI=1S/C35H47NO6/c1-26-17-18-28(23-27(26)2)13-8-6-12-22-41-32(33(35(38)39)42-25-40-4)34(37)36(3)21-11-5-7-14-29-19-20-30-15-9-10-16-31(30)24-29/h9-10,15-20,23-24,32-33H,5-8,11-14,21-22,25H2,1-4H3,(H,38,39). The van der Waals surface area contributed by atoms with E-state index in [-0.39, 0.29) is 19.3 Å². The quantitative estimate of drug-likeness (QED) is 0.129. The number of amides is 1. The van der Waals surface area contributed by atoms with Crippen molar-refractivity contribution in [2.24, 2.45) is 0 Å². The lowest BCUT2D eigenvalue weighted by atomic mass is 10.0. The van der Waals surface area contributed by atoms with Crippen molar-refractivity contribution in [3.8, 4) is 0 Å². The molecule has 0 spiro atoms. The number of likely N-dealkylation sites (N-methyl/N-ethyl adjacent to an activating group) is 1. The van der Waals surface area contributed by atoms with Crippen LogP contribution in [0.4, 0.5) is 0 Å². The molecule has 1 amide bonds. The highest BCUT2D eigenvalue weighted by atomic mass is 16.7. The Labute approximate surface area is 250 Å². The first-order chi connectivity index (χ1) is 20.3. The van der Waals surface area contributed by atoms with Crippen molar-refractivity contribution in [3.05, 3.63) is 82.9 Å². The average Bonchev–Trinajstić information content (AvgIpc) is 2.98. The highest BCUT2D eigenvalue weighted by Crippen LogP contribution is 2.18. The maximum atomic E-state index is 13.3. The van der Waals surface area contributed by atoms with Gasteiger partial charge in [0.1, 0.15) is 6.79 Å². The molecule has 7 heteroatoms. The molecule has 0 fully saturated rings. The molecule has 2 unspecified atom stereocenters. The maximum absolute atomic E-state index is 13.3. The lowest BCUT2D eigenvalue weighted by Crippen LogP contribution is -2.49. The van der Waals surface area contributed by atoms with E-state index in [1.807, 2.05) is 6.07 Å². The number of rotatable bonds is 19. The van der Waals surface area contributed by atoms with E-state index in [0.29, 0.717) is 6.54 Å². The molecule has 0 aliphatic rings. The molecule has 0 heterocycles. The third-order valence-corrected chi connectivity index (χ3v) is 7.75. The Bertz CT molecular complexity index is 1280. The molecule has 0 aromatic heterocycles. The van der Waals surface area contributed by atoms with E-state index >= 15 is 0 Å². The molecule has 0 aliphatic carbocycles. The van der Waals surface area contributed by atoms with E-state index in [1.165, 1.54) is 40.1 Å². The molecule has 7 nitrogen and oxygen atoms in total. The number of unbranched alkanes of at least 4 members (excludes halogenated alkanes) is 4. The zero-order valence-electron chi connectivity index (χ0n) is 25.6. The monoisotopic (exact) mass is 577 g/mol. The molecule has 0 bridgehead atoms. The molecule has 0 aliphatic heterocycles. The number of methoxy groups -OCH3 is 1. The fourth-order valence-corrected chi connectivity index (χ4v) is 5.07. The van der Waals surface area contributed by atoms with Crippen LogP contribution in [0.25, 0.3) is 10.8 Å². The summed E-state index contributed by atoms with van der Waals surface area (Å²) in [7, 11) is 3.11. The molecule has 3 rings (SSSR count). The van der Waals surface area contributed by atoms with Gasteiger partial charge in [-0.3, -0.25) is 4.79 Å². The summed E-state index contributed by atoms with van der Waals surface area (Å²) in [6, 6.07) is 21.5. The van der Waals surface area contributed by atoms with Gasteiger partial charge in [-0.25, -0.2) is 4.79 Å². The number of benzene rings is 3. The Morgan fingerprint density at radius 1 is 0.762 bits per heavy atom. The van der Waals surface area contributed by atoms with Gasteiger partial charge in [0.2, 0.25) is 0 Å². The van der Waals surface area contributed by atoms with Gasteiger partial charge in [-0.05, 0) is 85.4 Å². The Hall–Kier alpha value is -3.26. The van der Waals surface area contributed by atoms with Crippen molar-refractivity contribution >= 4 is 22.6 Å². The second-order valence-corrected chi connectivity index (χ2v) is 11.1. The maximum Gasteiger partial charge on any atom is 0.336 e. The van der Waals surface area contributed by atoms with E-state index in [9.17, 15) is 14.7 Å². The van der Waals surface area contributed by atoms with Gasteiger partial charge in [-0.1, -0.05) is 73.5 Å². The number of hydrogen-bond donors (Lipinski definition) is 1. The van der Waals surface area contributed by atoms with Crippen molar-refractivity contribution in [1.82, 2.24) is 4.90 Å². The average molecular weight is 578 g/mol. The van der Waals surface area contributed by atoms with Crippen molar-refractivity contribution in [2.45, 2.75) is 77.4 Å². The van der Waals surface area contributed by atoms with Gasteiger partial charge >= 0.3 is 5.97 Å². The minimum atomic E-state index is -1.44. The van der Waals surface area contributed by atoms with Crippen molar-refractivity contribution in [1.29, 1.82) is 0 Å². The fraction of sp³-hybridized carbons (Fsp3) is 0.486. The highest BCUT2D eigenvalue weighted by molar-refractivity contribution is 5.88. The summed E-state index contributed by atoms with van der Waals surface area (Å²) < 4.78 is 16.2. The summed E-state index contributed by atoms with van der Waals surface area (Å²) in [5, 5.41) is 12.3. The molecular weight excluding hydrogens is 530 g/mol. The Morgan fingerprint density at radius 3 is 2.12 bits per heavy atom. The number of aliphatic carboxylic acids is 1. The summed E-state index contributed by atoms with van der Waals surface area (Å²) >= 11 is 0. The predicted molar refractivity (Wildman–Crippen MR) is 167 cm³/mol. The molecule has 228 valence electrons. The largest absolute Gasteiger partial charge is 0.479 e. The molecule has 0 saturated heterocycles. The molecule has 1 N–H and O–H groups in total. The van der Waals surface area contributed by atoms with Crippen LogP contribution in [-0.4, -0.2) is 68.2 Å². The SMILES string of the molecule is COCOC(C(=O)O)C(OCCCCCc1ccc(C)c(C)c1)C(=O)N(C)CCCCCc1ccc2ccccc2c1. The molecule has 0 radical (unpaired) electrons. The van der Waals surface area contributed by atoms with Crippen LogP contribution in [0.2, 0.25) is 0 Å². The van der Waals surface area contributed by atoms with Gasteiger partial charge in [-0.2, -0.15) is 0 Å². The number of carbonyl (C=O) groups excluding carboxylic acids is 1. The normalized spacial score (nSPS) is 12.8. The van der Waals surface area contributed by atoms with E-state index in [0.717, 1.165) is 51.4 Å². The third kappa shape index (κ3) is 10.5. The van der Waals surface area contributed by atoms with Gasteiger partial charge in [0.05, 0.1) is 0 Å². The third-order valence-electron chi connectivity index (χ3n) is 7.75.